The van der Waals surface area contributed by atoms with Crippen molar-refractivity contribution in [3.8, 4) is 5.75 Å². The van der Waals surface area contributed by atoms with Gasteiger partial charge < -0.3 is 31.3 Å². The Morgan fingerprint density at radius 2 is 1.84 bits per heavy atom. The standard InChI is InChI=1S/C24H25BrF2N4O6/c25-16-2-12(1-14(3-16)22(26)27)13(7-21(35)36)5-19(33)9-28-23(37)15-4-17(8-18(32)6-15)31-24-29-10-20(34)11-30-24/h1-4,6,8,13,20,22,32,34H,5,7,9-11H2,(H,28,37)(H,35,36)(H2,29,30,31)/t13-/m0/s1. The van der Waals surface area contributed by atoms with E-state index in [1.807, 2.05) is 0 Å². The topological polar surface area (TPSA) is 160 Å². The van der Waals surface area contributed by atoms with Crippen molar-refractivity contribution in [3.05, 3.63) is 57.6 Å². The molecule has 1 aliphatic rings. The summed E-state index contributed by atoms with van der Waals surface area (Å²) in [6.45, 7) is 0.0391. The Morgan fingerprint density at radius 3 is 2.49 bits per heavy atom. The van der Waals surface area contributed by atoms with Crippen LogP contribution in [0.4, 0.5) is 14.5 Å². The number of aliphatic hydroxyl groups is 1. The lowest BCUT2D eigenvalue weighted by atomic mass is 9.89. The highest BCUT2D eigenvalue weighted by Crippen LogP contribution is 2.31. The highest BCUT2D eigenvalue weighted by Gasteiger charge is 2.22. The van der Waals surface area contributed by atoms with Crippen LogP contribution in [0.5, 0.6) is 5.75 Å². The summed E-state index contributed by atoms with van der Waals surface area (Å²) in [5.74, 6) is -3.12. The summed E-state index contributed by atoms with van der Waals surface area (Å²) in [4.78, 5) is 40.7. The van der Waals surface area contributed by atoms with Gasteiger partial charge in [0, 0.05) is 46.2 Å². The zero-order chi connectivity index (χ0) is 27.1. The zero-order valence-electron chi connectivity index (χ0n) is 19.4. The Labute approximate surface area is 218 Å². The molecule has 2 aromatic carbocycles. The van der Waals surface area contributed by atoms with Crippen molar-refractivity contribution < 1.29 is 38.5 Å². The third kappa shape index (κ3) is 8.50. The van der Waals surface area contributed by atoms with Crippen LogP contribution in [-0.4, -0.2) is 64.7 Å². The Kier molecular flexibility index (Phi) is 9.53. The zero-order valence-corrected chi connectivity index (χ0v) is 21.0. The van der Waals surface area contributed by atoms with E-state index in [-0.39, 0.29) is 42.0 Å². The SMILES string of the molecule is O=C(O)C[C@H](CC(=O)CNC(=O)c1cc(O)cc(NC2=NCC(O)CN2)c1)c1cc(Br)cc(C(F)F)c1. The van der Waals surface area contributed by atoms with E-state index >= 15 is 0 Å². The van der Waals surface area contributed by atoms with Crippen molar-refractivity contribution in [2.45, 2.75) is 31.3 Å². The second kappa shape index (κ2) is 12.6. The van der Waals surface area contributed by atoms with E-state index in [1.54, 1.807) is 0 Å². The van der Waals surface area contributed by atoms with Crippen molar-refractivity contribution in [2.75, 3.05) is 25.0 Å². The summed E-state index contributed by atoms with van der Waals surface area (Å²) in [6.07, 6.45) is -4.14. The van der Waals surface area contributed by atoms with Crippen LogP contribution in [0.3, 0.4) is 0 Å². The number of phenolic OH excluding ortho intramolecular Hbond substituents is 1. The monoisotopic (exact) mass is 582 g/mol. The first-order valence-corrected chi connectivity index (χ1v) is 12.0. The summed E-state index contributed by atoms with van der Waals surface area (Å²) in [6, 6.07) is 7.86. The first kappa shape index (κ1) is 28.0. The van der Waals surface area contributed by atoms with Gasteiger partial charge >= 0.3 is 5.97 Å². The molecule has 0 spiro atoms. The largest absolute Gasteiger partial charge is 0.508 e. The van der Waals surface area contributed by atoms with Gasteiger partial charge in [0.15, 0.2) is 11.7 Å². The molecule has 3 rings (SSSR count). The molecule has 2 aromatic rings. The van der Waals surface area contributed by atoms with Gasteiger partial charge in [0.25, 0.3) is 12.3 Å². The number of aliphatic hydroxyl groups excluding tert-OH is 1. The van der Waals surface area contributed by atoms with Crippen LogP contribution in [-0.2, 0) is 9.59 Å². The maximum Gasteiger partial charge on any atom is 0.303 e. The molecule has 6 N–H and O–H groups in total. The molecule has 0 saturated carbocycles. The third-order valence-electron chi connectivity index (χ3n) is 5.42. The minimum absolute atomic E-state index is 0.0439. The van der Waals surface area contributed by atoms with Gasteiger partial charge in [0.1, 0.15) is 5.75 Å². The van der Waals surface area contributed by atoms with Crippen LogP contribution < -0.4 is 16.0 Å². The van der Waals surface area contributed by atoms with Crippen LogP contribution in [0.25, 0.3) is 0 Å². The lowest BCUT2D eigenvalue weighted by Gasteiger charge is -2.20. The van der Waals surface area contributed by atoms with Crippen LogP contribution in [0.1, 0.15) is 46.7 Å². The summed E-state index contributed by atoms with van der Waals surface area (Å²) in [5, 5.41) is 36.9. The number of halogens is 3. The molecule has 1 aliphatic heterocycles. The molecule has 1 heterocycles. The number of nitrogens with one attached hydrogen (secondary N) is 3. The molecule has 37 heavy (non-hydrogen) atoms. The summed E-state index contributed by atoms with van der Waals surface area (Å²) in [5.41, 5.74) is 0.342. The summed E-state index contributed by atoms with van der Waals surface area (Å²) < 4.78 is 26.7. The predicted octanol–water partition coefficient (Wildman–Crippen LogP) is 2.77. The van der Waals surface area contributed by atoms with E-state index in [2.05, 4.69) is 36.9 Å². The van der Waals surface area contributed by atoms with E-state index in [0.29, 0.717) is 16.1 Å². The van der Waals surface area contributed by atoms with Gasteiger partial charge in [-0.2, -0.15) is 0 Å². The highest BCUT2D eigenvalue weighted by molar-refractivity contribution is 9.10. The maximum atomic E-state index is 13.2. The molecule has 198 valence electrons. The number of hydrogen-bond donors (Lipinski definition) is 6. The van der Waals surface area contributed by atoms with Crippen molar-refractivity contribution in [1.29, 1.82) is 0 Å². The number of carboxylic acid groups (broad SMARTS) is 1. The molecular weight excluding hydrogens is 558 g/mol. The van der Waals surface area contributed by atoms with Gasteiger partial charge in [0.2, 0.25) is 0 Å². The molecular formula is C24H25BrF2N4O6. The van der Waals surface area contributed by atoms with Crippen molar-refractivity contribution in [2.24, 2.45) is 4.99 Å². The molecule has 0 radical (unpaired) electrons. The number of rotatable bonds is 10. The second-order valence-electron chi connectivity index (χ2n) is 8.46. The van der Waals surface area contributed by atoms with Gasteiger partial charge in [-0.25, -0.2) is 8.78 Å². The van der Waals surface area contributed by atoms with Crippen molar-refractivity contribution >= 4 is 45.2 Å². The minimum Gasteiger partial charge on any atom is -0.508 e. The molecule has 0 aromatic heterocycles. The fourth-order valence-electron chi connectivity index (χ4n) is 3.71. The molecule has 1 unspecified atom stereocenters. The van der Waals surface area contributed by atoms with Crippen LogP contribution in [0.2, 0.25) is 0 Å². The fraction of sp³-hybridized carbons (Fsp3) is 0.333. The lowest BCUT2D eigenvalue weighted by Crippen LogP contribution is -2.42. The van der Waals surface area contributed by atoms with Gasteiger partial charge in [-0.05, 0) is 35.9 Å². The molecule has 13 heteroatoms. The number of hydrogen-bond acceptors (Lipinski definition) is 8. The molecule has 1 amide bonds. The Morgan fingerprint density at radius 1 is 1.11 bits per heavy atom. The number of carbonyl (C=O) groups excluding carboxylic acids is 2. The van der Waals surface area contributed by atoms with E-state index in [1.165, 1.54) is 36.4 Å². The number of carbonyl (C=O) groups is 3. The van der Waals surface area contributed by atoms with Crippen LogP contribution >= 0.6 is 15.9 Å². The number of aromatic hydroxyl groups is 1. The number of amides is 1. The van der Waals surface area contributed by atoms with Gasteiger partial charge in [-0.3, -0.25) is 19.4 Å². The average Bonchev–Trinajstić information content (AvgIpc) is 2.82. The van der Waals surface area contributed by atoms with E-state index in [0.717, 1.165) is 0 Å². The van der Waals surface area contributed by atoms with E-state index in [9.17, 15) is 38.5 Å². The molecule has 0 fully saturated rings. The molecule has 2 atom stereocenters. The Balaban J connectivity index is 1.65. The number of aliphatic carboxylic acids is 1. The van der Waals surface area contributed by atoms with Crippen LogP contribution in [0.15, 0.2) is 45.9 Å². The first-order chi connectivity index (χ1) is 17.5. The highest BCUT2D eigenvalue weighted by atomic mass is 79.9. The number of ketones is 1. The quantitative estimate of drug-likeness (QED) is 0.249. The fourth-order valence-corrected chi connectivity index (χ4v) is 4.24. The maximum absolute atomic E-state index is 13.2. The summed E-state index contributed by atoms with van der Waals surface area (Å²) in [7, 11) is 0. The van der Waals surface area contributed by atoms with E-state index < -0.39 is 49.1 Å². The van der Waals surface area contributed by atoms with Gasteiger partial charge in [-0.1, -0.05) is 15.9 Å². The van der Waals surface area contributed by atoms with Crippen molar-refractivity contribution in [3.63, 3.8) is 0 Å². The number of anilines is 1. The summed E-state index contributed by atoms with van der Waals surface area (Å²) >= 11 is 3.13. The number of β-amino-alcohol motifs (C(OH)–C–C–N with tert-alkyl or cyclic N) is 1. The average molecular weight is 583 g/mol. The van der Waals surface area contributed by atoms with Gasteiger partial charge in [-0.15, -0.1) is 0 Å². The number of alkyl halides is 2. The lowest BCUT2D eigenvalue weighted by molar-refractivity contribution is -0.137. The Hall–Kier alpha value is -3.58. The molecule has 0 aliphatic carbocycles. The third-order valence-corrected chi connectivity index (χ3v) is 5.87. The van der Waals surface area contributed by atoms with Crippen LogP contribution in [0, 0.1) is 0 Å². The predicted molar refractivity (Wildman–Crippen MR) is 134 cm³/mol. The first-order valence-electron chi connectivity index (χ1n) is 11.2. The number of Topliss-reactive ketones (excluding diaryl/α,β-unsaturated/α-hetero) is 1. The molecule has 0 bridgehead atoms. The number of carboxylic acids is 1. The smallest absolute Gasteiger partial charge is 0.303 e. The Bertz CT molecular complexity index is 1210. The number of nitrogens with zero attached hydrogens (tertiary/aromatic N) is 1. The number of aliphatic imine (C=N–C) groups is 1. The van der Waals surface area contributed by atoms with Gasteiger partial charge in [0.05, 0.1) is 25.6 Å². The minimum atomic E-state index is -2.77. The number of benzene rings is 2. The van der Waals surface area contributed by atoms with Crippen molar-refractivity contribution in [1.82, 2.24) is 10.6 Å². The van der Waals surface area contributed by atoms with E-state index in [4.69, 9.17) is 0 Å². The number of phenols is 1. The molecule has 0 saturated heterocycles. The normalized spacial score (nSPS) is 15.9. The molecule has 10 nitrogen and oxygen atoms in total. The number of guanidine groups is 1. The second-order valence-corrected chi connectivity index (χ2v) is 9.37.